The number of phenolic OH excluding ortho intramolecular Hbond substituents is 2. The number of rotatable bonds is 3. The van der Waals surface area contributed by atoms with Crippen LogP contribution < -0.4 is 27.3 Å². The number of phenols is 2. The van der Waals surface area contributed by atoms with Gasteiger partial charge in [0, 0.05) is 21.5 Å². The third-order valence-electron chi connectivity index (χ3n) is 7.16. The smallest absolute Gasteiger partial charge is 0.296 e. The minimum atomic E-state index is -5.18. The van der Waals surface area contributed by atoms with Gasteiger partial charge in [0.1, 0.15) is 21.3 Å². The van der Waals surface area contributed by atoms with E-state index in [-0.39, 0.29) is 26.9 Å². The van der Waals surface area contributed by atoms with Crippen molar-refractivity contribution >= 4 is 63.9 Å². The Balaban J connectivity index is 1.99. The molecule has 216 valence electrons. The predicted octanol–water partition coefficient (Wildman–Crippen LogP) is 1.67. The molecule has 7 N–H and O–H groups in total. The summed E-state index contributed by atoms with van der Waals surface area (Å²) in [6.45, 7) is 0. The van der Waals surface area contributed by atoms with Crippen LogP contribution in [0.4, 0.5) is 11.4 Å². The summed E-state index contributed by atoms with van der Waals surface area (Å²) in [6, 6.07) is 12.8. The minimum absolute atomic E-state index is 0.0552. The summed E-state index contributed by atoms with van der Waals surface area (Å²) in [4.78, 5) is 29.3. The van der Waals surface area contributed by atoms with Gasteiger partial charge < -0.3 is 15.9 Å². The first kappa shape index (κ1) is 27.9. The summed E-state index contributed by atoms with van der Waals surface area (Å²) >= 11 is 0. The maximum Gasteiger partial charge on any atom is 0.296 e. The fourth-order valence-corrected chi connectivity index (χ4v) is 6.55. The first-order valence-corrected chi connectivity index (χ1v) is 15.0. The maximum absolute atomic E-state index is 13.7. The van der Waals surface area contributed by atoms with E-state index in [1.807, 2.05) is 0 Å². The molecule has 2 aliphatic carbocycles. The average molecular weight is 620 g/mol. The molecule has 0 saturated heterocycles. The molecule has 0 aromatic heterocycles. The van der Waals surface area contributed by atoms with Gasteiger partial charge in [-0.15, -0.1) is 0 Å². The number of hydrogen-bond acceptors (Lipinski definition) is 11. The third-order valence-corrected chi connectivity index (χ3v) is 8.93. The monoisotopic (exact) mass is 619 g/mol. The van der Waals surface area contributed by atoms with Crippen LogP contribution in [-0.2, 0) is 20.2 Å². The number of hydrogen-bond donors (Lipinski definition) is 6. The van der Waals surface area contributed by atoms with E-state index < -0.39 is 90.3 Å². The Morgan fingerprint density at radius 2 is 1.14 bits per heavy atom. The van der Waals surface area contributed by atoms with Crippen molar-refractivity contribution < 1.29 is 36.2 Å². The third kappa shape index (κ3) is 4.05. The van der Waals surface area contributed by atoms with Crippen LogP contribution in [0.25, 0.3) is 32.3 Å². The average Bonchev–Trinajstić information content (AvgIpc) is 2.94. The quantitative estimate of drug-likeness (QED) is 0.0719. The Morgan fingerprint density at radius 3 is 1.65 bits per heavy atom. The summed E-state index contributed by atoms with van der Waals surface area (Å²) in [5.41, 5.74) is 3.10. The van der Waals surface area contributed by atoms with Crippen molar-refractivity contribution in [2.24, 2.45) is 4.99 Å². The molecule has 0 aliphatic heterocycles. The Labute approximate surface area is 239 Å². The number of fused-ring (bicyclic) bond motifs is 3. The van der Waals surface area contributed by atoms with E-state index in [1.165, 1.54) is 48.5 Å². The summed E-state index contributed by atoms with van der Waals surface area (Å²) in [7, 11) is -10.3. The molecule has 0 fully saturated rings. The van der Waals surface area contributed by atoms with Crippen molar-refractivity contribution in [2.45, 2.75) is 9.79 Å². The normalized spacial score (nSPS) is 13.0. The van der Waals surface area contributed by atoms with E-state index in [4.69, 9.17) is 11.1 Å². The zero-order chi connectivity index (χ0) is 31.2. The number of anilines is 1. The van der Waals surface area contributed by atoms with Crippen LogP contribution in [0.2, 0.25) is 0 Å². The fourth-order valence-electron chi connectivity index (χ4n) is 5.28. The Bertz CT molecular complexity index is 2770. The molecule has 0 radical (unpaired) electrons. The van der Waals surface area contributed by atoms with Crippen LogP contribution >= 0.6 is 0 Å². The first-order chi connectivity index (χ1) is 20.1. The molecule has 0 unspecified atom stereocenters. The highest BCUT2D eigenvalue weighted by atomic mass is 32.2. The van der Waals surface area contributed by atoms with Crippen LogP contribution in [0.5, 0.6) is 11.5 Å². The topological polar surface area (TPSA) is 246 Å². The fraction of sp³-hybridized carbons (Fsp3) is 0. The van der Waals surface area contributed by atoms with E-state index in [0.717, 1.165) is 6.07 Å². The number of benzene rings is 4. The van der Waals surface area contributed by atoms with Crippen molar-refractivity contribution in [1.29, 1.82) is 5.41 Å². The molecule has 4 aromatic rings. The van der Waals surface area contributed by atoms with Gasteiger partial charge in [-0.1, -0.05) is 48.5 Å². The van der Waals surface area contributed by atoms with Crippen molar-refractivity contribution in [3.8, 4) is 11.5 Å². The molecular weight excluding hydrogens is 602 g/mol. The second-order valence-corrected chi connectivity index (χ2v) is 12.4. The first-order valence-electron chi connectivity index (χ1n) is 12.1. The van der Waals surface area contributed by atoms with Gasteiger partial charge in [0.05, 0.1) is 43.3 Å². The Hall–Kier alpha value is -5.22. The molecule has 0 amide bonds. The van der Waals surface area contributed by atoms with Crippen LogP contribution in [0.1, 0.15) is 0 Å². The molecule has 0 spiro atoms. The van der Waals surface area contributed by atoms with E-state index in [2.05, 4.69) is 4.99 Å². The second kappa shape index (κ2) is 9.14. The lowest BCUT2D eigenvalue weighted by Crippen LogP contribution is -2.32. The lowest BCUT2D eigenvalue weighted by molar-refractivity contribution is 0.477. The highest BCUT2D eigenvalue weighted by Gasteiger charge is 2.26. The molecule has 43 heavy (non-hydrogen) atoms. The molecule has 0 atom stereocenters. The zero-order valence-electron chi connectivity index (χ0n) is 21.4. The molecule has 13 nitrogen and oxygen atoms in total. The second-order valence-electron chi connectivity index (χ2n) is 9.58. The maximum atomic E-state index is 13.7. The number of aromatic hydroxyl groups is 2. The molecule has 0 heterocycles. The number of nitrogen functional groups attached to an aromatic ring is 1. The standard InChI is InChI=1S/C28H17N3O10S2/c29-23-17(42(36,37)38)9-15(19-21(23)27(34)13-7-3-1-5-11(13)25(19)32)31-16-10-18(43(39,40)41)24(30)22-20(16)26(33)12-6-2-4-8-14(12)28(22)35/h1-10,29,33,35H,30H2,(H,36,37,38)(H,39,40,41). The zero-order valence-corrected chi connectivity index (χ0v) is 23.0. The van der Waals surface area contributed by atoms with E-state index >= 15 is 0 Å². The van der Waals surface area contributed by atoms with Crippen molar-refractivity contribution in [1.82, 2.24) is 0 Å². The highest BCUT2D eigenvalue weighted by Crippen LogP contribution is 2.49. The van der Waals surface area contributed by atoms with Crippen LogP contribution in [0.15, 0.2) is 85.0 Å². The lowest BCUT2D eigenvalue weighted by Gasteiger charge is -2.15. The Kier molecular flexibility index (Phi) is 5.94. The van der Waals surface area contributed by atoms with E-state index in [9.17, 15) is 45.7 Å². The summed E-state index contributed by atoms with van der Waals surface area (Å²) < 4.78 is 69.0. The van der Waals surface area contributed by atoms with Crippen LogP contribution in [0.3, 0.4) is 0 Å². The van der Waals surface area contributed by atoms with Gasteiger partial charge in [0.25, 0.3) is 20.2 Å². The lowest BCUT2D eigenvalue weighted by atomic mass is 9.98. The molecule has 2 aliphatic rings. The van der Waals surface area contributed by atoms with Crippen molar-refractivity contribution in [3.63, 3.8) is 0 Å². The summed E-state index contributed by atoms with van der Waals surface area (Å²) in [6.07, 6.45) is 0. The van der Waals surface area contributed by atoms with Gasteiger partial charge in [0.2, 0.25) is 0 Å². The number of nitrogens with two attached hydrogens (primary N) is 1. The Morgan fingerprint density at radius 1 is 0.674 bits per heavy atom. The predicted molar refractivity (Wildman–Crippen MR) is 154 cm³/mol. The molecule has 15 heteroatoms. The minimum Gasteiger partial charge on any atom is -0.507 e. The van der Waals surface area contributed by atoms with Gasteiger partial charge in [-0.2, -0.15) is 16.8 Å². The number of nitrogens with zero attached hydrogens (tertiary/aromatic N) is 1. The molecule has 0 bridgehead atoms. The largest absolute Gasteiger partial charge is 0.507 e. The summed E-state index contributed by atoms with van der Waals surface area (Å²) in [5.74, 6) is -1.14. The van der Waals surface area contributed by atoms with Crippen LogP contribution in [-0.4, -0.2) is 36.2 Å². The van der Waals surface area contributed by atoms with Gasteiger partial charge in [-0.05, 0) is 12.1 Å². The van der Waals surface area contributed by atoms with E-state index in [0.29, 0.717) is 6.07 Å². The van der Waals surface area contributed by atoms with Crippen molar-refractivity contribution in [3.05, 3.63) is 102 Å². The molecule has 6 rings (SSSR count). The van der Waals surface area contributed by atoms with Gasteiger partial charge in [-0.25, -0.2) is 4.99 Å². The molecular formula is C28H17N3O10S2. The van der Waals surface area contributed by atoms with Crippen molar-refractivity contribution in [2.75, 3.05) is 5.73 Å². The van der Waals surface area contributed by atoms with Gasteiger partial charge in [0.15, 0.2) is 10.9 Å². The SMILES string of the molecule is N=c1c(S(=O)(=O)O)cc(=Nc2cc(S(=O)(=O)O)c(N)c3c(O)c4ccccc4c(O)c23)c2c(=O)c3ccccc3c(=O)c1=2. The molecule has 4 aromatic carbocycles. The molecule has 0 saturated carbocycles. The van der Waals surface area contributed by atoms with Gasteiger partial charge >= 0.3 is 0 Å². The van der Waals surface area contributed by atoms with E-state index in [1.54, 1.807) is 0 Å². The summed E-state index contributed by atoms with van der Waals surface area (Å²) in [5, 5.41) is 27.1. The van der Waals surface area contributed by atoms with Gasteiger partial charge in [-0.3, -0.25) is 24.1 Å². The highest BCUT2D eigenvalue weighted by molar-refractivity contribution is 7.86. The van der Waals surface area contributed by atoms with Crippen LogP contribution in [0, 0.1) is 15.8 Å². The number of nitrogens with one attached hydrogen (secondary N) is 1.